The second kappa shape index (κ2) is 4.19. The van der Waals surface area contributed by atoms with Crippen molar-refractivity contribution in [3.05, 3.63) is 24.5 Å². The maximum atomic E-state index is 4.21. The van der Waals surface area contributed by atoms with Gasteiger partial charge in [0.25, 0.3) is 0 Å². The summed E-state index contributed by atoms with van der Waals surface area (Å²) in [5.74, 6) is 0.933. The average Bonchev–Trinajstić information content (AvgIpc) is 2.86. The lowest BCUT2D eigenvalue weighted by Crippen LogP contribution is -2.10. The molecule has 2 rings (SSSR count). The number of anilines is 1. The smallest absolute Gasteiger partial charge is 0.202 e. The first-order valence-electron chi connectivity index (χ1n) is 4.42. The van der Waals surface area contributed by atoms with Crippen molar-refractivity contribution in [2.75, 3.05) is 5.32 Å². The molecule has 2 N–H and O–H groups in total. The maximum Gasteiger partial charge on any atom is 0.202 e. The highest BCUT2D eigenvalue weighted by molar-refractivity contribution is 7.09. The monoisotopic (exact) mass is 209 g/mol. The Morgan fingerprint density at radius 2 is 2.50 bits per heavy atom. The molecular weight excluding hydrogens is 198 g/mol. The zero-order chi connectivity index (χ0) is 9.80. The van der Waals surface area contributed by atoms with E-state index in [4.69, 9.17) is 0 Å². The van der Waals surface area contributed by atoms with Gasteiger partial charge in [-0.3, -0.25) is 0 Å². The summed E-state index contributed by atoms with van der Waals surface area (Å²) < 4.78 is 3.93. The lowest BCUT2D eigenvalue weighted by molar-refractivity contribution is 0.703. The van der Waals surface area contributed by atoms with Crippen LogP contribution in [0.1, 0.15) is 25.2 Å². The van der Waals surface area contributed by atoms with Gasteiger partial charge in [-0.2, -0.15) is 4.37 Å². The predicted molar refractivity (Wildman–Crippen MR) is 55.2 cm³/mol. The van der Waals surface area contributed by atoms with Crippen LogP contribution in [0.25, 0.3) is 0 Å². The van der Waals surface area contributed by atoms with E-state index >= 15 is 0 Å². The SMILES string of the molecule is CCC(Nc1ncns1)c1ncc[nH]1. The summed E-state index contributed by atoms with van der Waals surface area (Å²) in [5.41, 5.74) is 0. The van der Waals surface area contributed by atoms with Gasteiger partial charge in [-0.05, 0) is 6.42 Å². The Morgan fingerprint density at radius 3 is 3.07 bits per heavy atom. The highest BCUT2D eigenvalue weighted by atomic mass is 32.1. The molecule has 14 heavy (non-hydrogen) atoms. The van der Waals surface area contributed by atoms with Gasteiger partial charge in [0.1, 0.15) is 12.2 Å². The topological polar surface area (TPSA) is 66.5 Å². The third-order valence-corrected chi connectivity index (χ3v) is 2.51. The number of nitrogens with zero attached hydrogens (tertiary/aromatic N) is 3. The van der Waals surface area contributed by atoms with Gasteiger partial charge in [0.2, 0.25) is 5.13 Å². The molecule has 0 saturated carbocycles. The normalized spacial score (nSPS) is 12.6. The Hall–Kier alpha value is -1.43. The molecule has 0 fully saturated rings. The molecule has 0 aromatic carbocycles. The zero-order valence-corrected chi connectivity index (χ0v) is 8.58. The van der Waals surface area contributed by atoms with Gasteiger partial charge >= 0.3 is 0 Å². The molecule has 2 heterocycles. The highest BCUT2D eigenvalue weighted by Crippen LogP contribution is 2.19. The number of hydrogen-bond acceptors (Lipinski definition) is 5. The first-order chi connectivity index (χ1) is 6.90. The average molecular weight is 209 g/mol. The number of rotatable bonds is 4. The molecule has 0 spiro atoms. The Bertz CT molecular complexity index is 355. The Kier molecular flexibility index (Phi) is 2.73. The molecule has 6 heteroatoms. The maximum absolute atomic E-state index is 4.21. The molecule has 0 bridgehead atoms. The summed E-state index contributed by atoms with van der Waals surface area (Å²) in [6.45, 7) is 2.10. The number of aromatic nitrogens is 4. The van der Waals surface area contributed by atoms with E-state index in [2.05, 4.69) is 31.6 Å². The number of nitrogens with one attached hydrogen (secondary N) is 2. The molecule has 1 atom stereocenters. The summed E-state index contributed by atoms with van der Waals surface area (Å²) >= 11 is 1.35. The van der Waals surface area contributed by atoms with E-state index in [1.807, 2.05) is 6.20 Å². The van der Waals surface area contributed by atoms with Crippen molar-refractivity contribution in [1.29, 1.82) is 0 Å². The van der Waals surface area contributed by atoms with Crippen LogP contribution < -0.4 is 5.32 Å². The van der Waals surface area contributed by atoms with Gasteiger partial charge < -0.3 is 10.3 Å². The van der Waals surface area contributed by atoms with Crippen molar-refractivity contribution < 1.29 is 0 Å². The van der Waals surface area contributed by atoms with Gasteiger partial charge in [-0.25, -0.2) is 9.97 Å². The Labute approximate surface area is 85.8 Å². The van der Waals surface area contributed by atoms with Gasteiger partial charge in [0.15, 0.2) is 0 Å². The van der Waals surface area contributed by atoms with Gasteiger partial charge in [0, 0.05) is 23.9 Å². The molecule has 0 aliphatic rings. The van der Waals surface area contributed by atoms with Gasteiger partial charge in [0.05, 0.1) is 6.04 Å². The van der Waals surface area contributed by atoms with E-state index < -0.39 is 0 Å². The second-order valence-electron chi connectivity index (χ2n) is 2.83. The fraction of sp³-hybridized carbons (Fsp3) is 0.375. The minimum Gasteiger partial charge on any atom is -0.350 e. The van der Waals surface area contributed by atoms with Crippen molar-refractivity contribution in [3.63, 3.8) is 0 Å². The standard InChI is InChI=1S/C8H11N5S/c1-2-6(7-9-3-4-10-7)13-8-11-5-12-14-8/h3-6H,2H2,1H3,(H,9,10)(H,11,12,13). The zero-order valence-electron chi connectivity index (χ0n) is 7.77. The van der Waals surface area contributed by atoms with Crippen LogP contribution >= 0.6 is 11.5 Å². The van der Waals surface area contributed by atoms with Crippen molar-refractivity contribution in [2.45, 2.75) is 19.4 Å². The van der Waals surface area contributed by atoms with E-state index in [-0.39, 0.29) is 6.04 Å². The van der Waals surface area contributed by atoms with E-state index in [9.17, 15) is 0 Å². The van der Waals surface area contributed by atoms with Crippen molar-refractivity contribution in [3.8, 4) is 0 Å². The quantitative estimate of drug-likeness (QED) is 0.806. The fourth-order valence-corrected chi connectivity index (χ4v) is 1.70. The number of H-pyrrole nitrogens is 1. The van der Waals surface area contributed by atoms with Crippen LogP contribution in [0.2, 0.25) is 0 Å². The summed E-state index contributed by atoms with van der Waals surface area (Å²) in [5, 5.41) is 4.09. The molecule has 0 radical (unpaired) electrons. The summed E-state index contributed by atoms with van der Waals surface area (Å²) in [7, 11) is 0. The van der Waals surface area contributed by atoms with Crippen LogP contribution in [0, 0.1) is 0 Å². The Morgan fingerprint density at radius 1 is 1.57 bits per heavy atom. The molecule has 74 valence electrons. The van der Waals surface area contributed by atoms with Crippen LogP contribution in [-0.4, -0.2) is 19.3 Å². The third-order valence-electron chi connectivity index (χ3n) is 1.92. The number of imidazole rings is 1. The van der Waals surface area contributed by atoms with Crippen LogP contribution in [-0.2, 0) is 0 Å². The largest absolute Gasteiger partial charge is 0.350 e. The van der Waals surface area contributed by atoms with Crippen LogP contribution in [0.15, 0.2) is 18.7 Å². The van der Waals surface area contributed by atoms with Crippen LogP contribution in [0.4, 0.5) is 5.13 Å². The molecule has 2 aromatic rings. The van der Waals surface area contributed by atoms with Gasteiger partial charge in [-0.1, -0.05) is 6.92 Å². The van der Waals surface area contributed by atoms with Gasteiger partial charge in [-0.15, -0.1) is 0 Å². The predicted octanol–water partition coefficient (Wildman–Crippen LogP) is 1.82. The summed E-state index contributed by atoms with van der Waals surface area (Å²) in [6.07, 6.45) is 6.06. The molecule has 2 aromatic heterocycles. The third kappa shape index (κ3) is 1.90. The van der Waals surface area contributed by atoms with Crippen LogP contribution in [0.5, 0.6) is 0 Å². The first kappa shape index (κ1) is 9.14. The summed E-state index contributed by atoms with van der Waals surface area (Å²) in [4.78, 5) is 11.4. The first-order valence-corrected chi connectivity index (χ1v) is 5.20. The molecular formula is C8H11N5S. The van der Waals surface area contributed by atoms with Crippen LogP contribution in [0.3, 0.4) is 0 Å². The molecule has 0 amide bonds. The minimum absolute atomic E-state index is 0.179. The number of hydrogen-bond donors (Lipinski definition) is 2. The highest BCUT2D eigenvalue weighted by Gasteiger charge is 2.12. The molecule has 0 saturated heterocycles. The fourth-order valence-electron chi connectivity index (χ4n) is 1.22. The van der Waals surface area contributed by atoms with E-state index in [0.717, 1.165) is 17.4 Å². The van der Waals surface area contributed by atoms with E-state index in [1.165, 1.54) is 11.5 Å². The Balaban J connectivity index is 2.08. The molecule has 0 aliphatic carbocycles. The second-order valence-corrected chi connectivity index (χ2v) is 3.61. The van der Waals surface area contributed by atoms with Crippen molar-refractivity contribution in [2.24, 2.45) is 0 Å². The van der Waals surface area contributed by atoms with Crippen molar-refractivity contribution in [1.82, 2.24) is 19.3 Å². The number of aromatic amines is 1. The molecule has 1 unspecified atom stereocenters. The van der Waals surface area contributed by atoms with Crippen molar-refractivity contribution >= 4 is 16.7 Å². The van der Waals surface area contributed by atoms with E-state index in [0.29, 0.717) is 0 Å². The lowest BCUT2D eigenvalue weighted by atomic mass is 10.2. The minimum atomic E-state index is 0.179. The molecule has 0 aliphatic heterocycles. The molecule has 5 nitrogen and oxygen atoms in total. The summed E-state index contributed by atoms with van der Waals surface area (Å²) in [6, 6.07) is 0.179. The van der Waals surface area contributed by atoms with E-state index in [1.54, 1.807) is 12.5 Å². The lowest BCUT2D eigenvalue weighted by Gasteiger charge is -2.12.